The predicted molar refractivity (Wildman–Crippen MR) is 57.9 cm³/mol. The summed E-state index contributed by atoms with van der Waals surface area (Å²) in [5.41, 5.74) is 13.3. The summed E-state index contributed by atoms with van der Waals surface area (Å²) < 4.78 is 0. The first-order chi connectivity index (χ1) is 6.50. The number of amides is 1. The second-order valence-corrected chi connectivity index (χ2v) is 3.36. The van der Waals surface area contributed by atoms with Gasteiger partial charge in [-0.25, -0.2) is 0 Å². The van der Waals surface area contributed by atoms with Crippen LogP contribution in [-0.2, 0) is 4.79 Å². The highest BCUT2D eigenvalue weighted by Gasteiger charge is 2.09. The van der Waals surface area contributed by atoms with Crippen molar-refractivity contribution >= 4 is 17.3 Å². The molecule has 0 aromatic heterocycles. The molecule has 1 amide bonds. The molecule has 0 heterocycles. The van der Waals surface area contributed by atoms with Gasteiger partial charge >= 0.3 is 0 Å². The maximum absolute atomic E-state index is 10.8. The Kier molecular flexibility index (Phi) is 2.96. The molecule has 14 heavy (non-hydrogen) atoms. The van der Waals surface area contributed by atoms with Gasteiger partial charge in [0, 0.05) is 0 Å². The van der Waals surface area contributed by atoms with E-state index >= 15 is 0 Å². The number of carbonyl (C=O) groups excluding carboxylic acids is 1. The van der Waals surface area contributed by atoms with Crippen molar-refractivity contribution in [3.8, 4) is 0 Å². The van der Waals surface area contributed by atoms with E-state index < -0.39 is 11.9 Å². The maximum Gasteiger partial charge on any atom is 0.239 e. The third-order valence-electron chi connectivity index (χ3n) is 2.01. The van der Waals surface area contributed by atoms with E-state index in [9.17, 15) is 4.79 Å². The van der Waals surface area contributed by atoms with Crippen LogP contribution in [0.5, 0.6) is 0 Å². The average molecular weight is 193 g/mol. The smallest absolute Gasteiger partial charge is 0.239 e. The largest absolute Gasteiger partial charge is 0.397 e. The Morgan fingerprint density at radius 1 is 1.50 bits per heavy atom. The maximum atomic E-state index is 10.8. The van der Waals surface area contributed by atoms with Gasteiger partial charge in [-0.1, -0.05) is 6.07 Å². The summed E-state index contributed by atoms with van der Waals surface area (Å²) in [6.45, 7) is 3.65. The van der Waals surface area contributed by atoms with Gasteiger partial charge in [0.2, 0.25) is 5.91 Å². The number of benzene rings is 1. The van der Waals surface area contributed by atoms with Gasteiger partial charge in [-0.3, -0.25) is 4.79 Å². The Morgan fingerprint density at radius 3 is 2.64 bits per heavy atom. The number of rotatable bonds is 3. The summed E-state index contributed by atoms with van der Waals surface area (Å²) in [5.74, 6) is -0.398. The first-order valence-corrected chi connectivity index (χ1v) is 4.42. The predicted octanol–water partition coefficient (Wildman–Crippen LogP) is 0.863. The van der Waals surface area contributed by atoms with Crippen LogP contribution in [0.25, 0.3) is 0 Å². The van der Waals surface area contributed by atoms with E-state index in [0.29, 0.717) is 5.69 Å². The van der Waals surface area contributed by atoms with E-state index in [-0.39, 0.29) is 0 Å². The van der Waals surface area contributed by atoms with Crippen LogP contribution in [0.4, 0.5) is 11.4 Å². The molecule has 0 spiro atoms. The van der Waals surface area contributed by atoms with Gasteiger partial charge in [0.05, 0.1) is 11.4 Å². The molecule has 0 aliphatic rings. The number of aryl methyl sites for hydroxylation is 1. The lowest BCUT2D eigenvalue weighted by atomic mass is 10.2. The van der Waals surface area contributed by atoms with E-state index in [0.717, 1.165) is 11.3 Å². The van der Waals surface area contributed by atoms with Gasteiger partial charge in [-0.05, 0) is 31.5 Å². The summed E-state index contributed by atoms with van der Waals surface area (Å²) in [6.07, 6.45) is 0. The van der Waals surface area contributed by atoms with E-state index in [2.05, 4.69) is 5.32 Å². The normalized spacial score (nSPS) is 12.1. The molecule has 4 heteroatoms. The number of nitrogens with two attached hydrogens (primary N) is 2. The number of hydrogen-bond acceptors (Lipinski definition) is 3. The molecule has 0 radical (unpaired) electrons. The van der Waals surface area contributed by atoms with Crippen LogP contribution < -0.4 is 16.8 Å². The zero-order valence-electron chi connectivity index (χ0n) is 8.37. The number of carbonyl (C=O) groups is 1. The first-order valence-electron chi connectivity index (χ1n) is 4.42. The molecule has 4 nitrogen and oxygen atoms in total. The summed E-state index contributed by atoms with van der Waals surface area (Å²) in [5, 5.41) is 2.94. The highest BCUT2D eigenvalue weighted by Crippen LogP contribution is 2.19. The molecule has 0 saturated heterocycles. The highest BCUT2D eigenvalue weighted by molar-refractivity contribution is 5.84. The van der Waals surface area contributed by atoms with Gasteiger partial charge in [-0.15, -0.1) is 0 Å². The van der Waals surface area contributed by atoms with Gasteiger partial charge in [0.15, 0.2) is 0 Å². The Morgan fingerprint density at radius 2 is 2.14 bits per heavy atom. The fraction of sp³-hybridized carbons (Fsp3) is 0.300. The van der Waals surface area contributed by atoms with Crippen molar-refractivity contribution in [1.82, 2.24) is 0 Å². The molecule has 0 bridgehead atoms. The van der Waals surface area contributed by atoms with Crippen molar-refractivity contribution in [3.63, 3.8) is 0 Å². The van der Waals surface area contributed by atoms with Crippen LogP contribution in [0.3, 0.4) is 0 Å². The zero-order valence-corrected chi connectivity index (χ0v) is 8.37. The lowest BCUT2D eigenvalue weighted by Crippen LogP contribution is -2.32. The van der Waals surface area contributed by atoms with Crippen molar-refractivity contribution in [3.05, 3.63) is 23.8 Å². The molecule has 0 aliphatic heterocycles. The van der Waals surface area contributed by atoms with E-state index in [4.69, 9.17) is 11.5 Å². The first kappa shape index (κ1) is 10.4. The van der Waals surface area contributed by atoms with Gasteiger partial charge in [0.1, 0.15) is 6.04 Å². The average Bonchev–Trinajstić information content (AvgIpc) is 2.09. The summed E-state index contributed by atoms with van der Waals surface area (Å²) in [7, 11) is 0. The molecule has 5 N–H and O–H groups in total. The second-order valence-electron chi connectivity index (χ2n) is 3.36. The van der Waals surface area contributed by atoms with Gasteiger partial charge < -0.3 is 16.8 Å². The highest BCUT2D eigenvalue weighted by atomic mass is 16.1. The molecule has 1 aromatic rings. The Balaban J connectivity index is 2.82. The lowest BCUT2D eigenvalue weighted by Gasteiger charge is -2.13. The summed E-state index contributed by atoms with van der Waals surface area (Å²) in [4.78, 5) is 10.8. The fourth-order valence-electron chi connectivity index (χ4n) is 1.12. The number of nitrogens with one attached hydrogen (secondary N) is 1. The third-order valence-corrected chi connectivity index (χ3v) is 2.01. The fourth-order valence-corrected chi connectivity index (χ4v) is 1.12. The number of nitrogen functional groups attached to an aromatic ring is 1. The summed E-state index contributed by atoms with van der Waals surface area (Å²) in [6, 6.07) is 5.19. The molecule has 1 aromatic carbocycles. The molecule has 0 fully saturated rings. The topological polar surface area (TPSA) is 81.1 Å². The van der Waals surface area contributed by atoms with Crippen molar-refractivity contribution in [2.45, 2.75) is 19.9 Å². The van der Waals surface area contributed by atoms with Crippen molar-refractivity contribution in [2.75, 3.05) is 11.1 Å². The van der Waals surface area contributed by atoms with Crippen molar-refractivity contribution in [2.24, 2.45) is 5.73 Å². The number of hydrogen-bond donors (Lipinski definition) is 3. The SMILES string of the molecule is Cc1ccc(NC(C)C(N)=O)c(N)c1. The Hall–Kier alpha value is -1.71. The van der Waals surface area contributed by atoms with Crippen molar-refractivity contribution < 1.29 is 4.79 Å². The molecular formula is C10H15N3O. The minimum absolute atomic E-state index is 0.398. The van der Waals surface area contributed by atoms with Gasteiger partial charge in [-0.2, -0.15) is 0 Å². The third kappa shape index (κ3) is 2.39. The van der Waals surface area contributed by atoms with Crippen molar-refractivity contribution in [1.29, 1.82) is 0 Å². The standard InChI is InChI=1S/C10H15N3O/c1-6-3-4-9(8(11)5-6)13-7(2)10(12)14/h3-5,7,13H,11H2,1-2H3,(H2,12,14). The van der Waals surface area contributed by atoms with Crippen LogP contribution in [0.2, 0.25) is 0 Å². The van der Waals surface area contributed by atoms with Crippen LogP contribution in [0, 0.1) is 6.92 Å². The number of primary amides is 1. The van der Waals surface area contributed by atoms with Crippen LogP contribution in [-0.4, -0.2) is 11.9 Å². The molecule has 0 aliphatic carbocycles. The van der Waals surface area contributed by atoms with E-state index in [1.54, 1.807) is 6.92 Å². The summed E-state index contributed by atoms with van der Waals surface area (Å²) >= 11 is 0. The molecule has 1 rings (SSSR count). The molecule has 1 atom stereocenters. The molecule has 0 saturated carbocycles. The monoisotopic (exact) mass is 193 g/mol. The molecular weight excluding hydrogens is 178 g/mol. The second kappa shape index (κ2) is 4.00. The molecule has 76 valence electrons. The number of anilines is 2. The van der Waals surface area contributed by atoms with Crippen LogP contribution >= 0.6 is 0 Å². The van der Waals surface area contributed by atoms with Gasteiger partial charge in [0.25, 0.3) is 0 Å². The minimum Gasteiger partial charge on any atom is -0.397 e. The van der Waals surface area contributed by atoms with Crippen LogP contribution in [0.1, 0.15) is 12.5 Å². The van der Waals surface area contributed by atoms with E-state index in [1.165, 1.54) is 0 Å². The lowest BCUT2D eigenvalue weighted by molar-refractivity contribution is -0.118. The van der Waals surface area contributed by atoms with E-state index in [1.807, 2.05) is 25.1 Å². The zero-order chi connectivity index (χ0) is 10.7. The minimum atomic E-state index is -0.417. The molecule has 1 unspecified atom stereocenters. The Labute approximate surface area is 83.3 Å². The van der Waals surface area contributed by atoms with Crippen LogP contribution in [0.15, 0.2) is 18.2 Å². The Bertz CT molecular complexity index is 349. The quantitative estimate of drug-likeness (QED) is 0.623.